The first-order valence-electron chi connectivity index (χ1n) is 8.77. The second-order valence-electron chi connectivity index (χ2n) is 6.36. The fourth-order valence-electron chi connectivity index (χ4n) is 3.27. The Morgan fingerprint density at radius 3 is 2.57 bits per heavy atom. The molecule has 142 valence electrons. The predicted octanol–water partition coefficient (Wildman–Crippen LogP) is 3.94. The van der Waals surface area contributed by atoms with E-state index in [1.807, 2.05) is 23.6 Å². The lowest BCUT2D eigenvalue weighted by atomic mass is 10.1. The van der Waals surface area contributed by atoms with Gasteiger partial charge in [-0.15, -0.1) is 0 Å². The fraction of sp³-hybridized carbons (Fsp3) is 0.150. The highest BCUT2D eigenvalue weighted by molar-refractivity contribution is 6.30. The Labute approximate surface area is 166 Å². The molecule has 0 spiro atoms. The number of aryl methyl sites for hydroxylation is 1. The van der Waals surface area contributed by atoms with Crippen LogP contribution >= 0.6 is 11.6 Å². The zero-order chi connectivity index (χ0) is 19.8. The van der Waals surface area contributed by atoms with Crippen molar-refractivity contribution in [3.63, 3.8) is 0 Å². The molecule has 2 heterocycles. The minimum atomic E-state index is -0.467. The number of nitrogen functional groups attached to an aromatic ring is 1. The van der Waals surface area contributed by atoms with E-state index in [0.717, 1.165) is 11.1 Å². The van der Waals surface area contributed by atoms with Crippen molar-refractivity contribution in [2.75, 3.05) is 5.73 Å². The molecular weight excluding hydrogens is 379 g/mol. The zero-order valence-corrected chi connectivity index (χ0v) is 15.9. The highest BCUT2D eigenvalue weighted by Gasteiger charge is 2.20. The molecule has 8 heteroatoms. The van der Waals surface area contributed by atoms with Crippen LogP contribution in [0, 0.1) is 5.82 Å². The third-order valence-electron chi connectivity index (χ3n) is 4.64. The summed E-state index contributed by atoms with van der Waals surface area (Å²) in [6, 6.07) is 11.6. The van der Waals surface area contributed by atoms with E-state index in [2.05, 4.69) is 15.0 Å². The summed E-state index contributed by atoms with van der Waals surface area (Å²) < 4.78 is 16.7. The van der Waals surface area contributed by atoms with Crippen molar-refractivity contribution in [3.8, 4) is 11.3 Å². The monoisotopic (exact) mass is 396 g/mol. The largest absolute Gasteiger partial charge is 0.368 e. The van der Waals surface area contributed by atoms with Gasteiger partial charge in [-0.1, -0.05) is 23.7 Å². The Morgan fingerprint density at radius 1 is 1.14 bits per heavy atom. The molecule has 1 atom stereocenters. The number of fused-ring (bicyclic) bond motifs is 1. The molecule has 4 N–H and O–H groups in total. The maximum absolute atomic E-state index is 14.8. The van der Waals surface area contributed by atoms with Crippen molar-refractivity contribution in [2.45, 2.75) is 19.5 Å². The molecule has 6 nitrogen and oxygen atoms in total. The molecular formula is C20H18ClFN6. The molecule has 0 saturated heterocycles. The summed E-state index contributed by atoms with van der Waals surface area (Å²) >= 11 is 5.97. The molecule has 2 aromatic carbocycles. The standard InChI is InChI=1S/C20H18ClFN6/c1-2-28-17-9-13(15-7-8-25-20(24)27-15)14(22)10-16(17)26-19(28)18(23)11-3-5-12(21)6-4-11/h3-10,18H,2,23H2,1H3,(H2,24,25,27). The number of hydrogen-bond donors (Lipinski definition) is 2. The van der Waals surface area contributed by atoms with Gasteiger partial charge in [-0.3, -0.25) is 0 Å². The molecule has 0 amide bonds. The van der Waals surface area contributed by atoms with Gasteiger partial charge in [0.15, 0.2) is 0 Å². The summed E-state index contributed by atoms with van der Waals surface area (Å²) in [6.45, 7) is 2.62. The summed E-state index contributed by atoms with van der Waals surface area (Å²) in [7, 11) is 0. The van der Waals surface area contributed by atoms with Gasteiger partial charge in [-0.2, -0.15) is 0 Å². The molecule has 0 saturated carbocycles. The van der Waals surface area contributed by atoms with Crippen LogP contribution in [0.15, 0.2) is 48.7 Å². The van der Waals surface area contributed by atoms with Crippen LogP contribution in [0.4, 0.5) is 10.3 Å². The normalized spacial score (nSPS) is 12.4. The van der Waals surface area contributed by atoms with Crippen LogP contribution in [-0.4, -0.2) is 19.5 Å². The summed E-state index contributed by atoms with van der Waals surface area (Å²) in [5.41, 5.74) is 15.0. The Balaban J connectivity index is 1.87. The van der Waals surface area contributed by atoms with E-state index < -0.39 is 11.9 Å². The van der Waals surface area contributed by atoms with Crippen LogP contribution < -0.4 is 11.5 Å². The number of hydrogen-bond acceptors (Lipinski definition) is 5. The van der Waals surface area contributed by atoms with Gasteiger partial charge in [0.1, 0.15) is 11.6 Å². The molecule has 28 heavy (non-hydrogen) atoms. The van der Waals surface area contributed by atoms with Gasteiger partial charge in [0.05, 0.1) is 22.8 Å². The van der Waals surface area contributed by atoms with E-state index in [0.29, 0.717) is 34.2 Å². The Hall–Kier alpha value is -3.03. The molecule has 4 rings (SSSR count). The van der Waals surface area contributed by atoms with Crippen molar-refractivity contribution < 1.29 is 4.39 Å². The maximum Gasteiger partial charge on any atom is 0.220 e. The first kappa shape index (κ1) is 18.3. The minimum absolute atomic E-state index is 0.0893. The average Bonchev–Trinajstić information content (AvgIpc) is 3.04. The first-order chi connectivity index (χ1) is 13.5. The molecule has 1 unspecified atom stereocenters. The molecule has 0 radical (unpaired) electrons. The van der Waals surface area contributed by atoms with E-state index >= 15 is 0 Å². The lowest BCUT2D eigenvalue weighted by Gasteiger charge is -2.14. The Bertz CT molecular complexity index is 1160. The highest BCUT2D eigenvalue weighted by atomic mass is 35.5. The van der Waals surface area contributed by atoms with E-state index in [4.69, 9.17) is 23.1 Å². The molecule has 2 aromatic heterocycles. The fourth-order valence-corrected chi connectivity index (χ4v) is 3.40. The molecule has 0 fully saturated rings. The van der Waals surface area contributed by atoms with E-state index in [9.17, 15) is 4.39 Å². The van der Waals surface area contributed by atoms with Crippen LogP contribution in [0.5, 0.6) is 0 Å². The molecule has 0 aliphatic carbocycles. The number of benzene rings is 2. The van der Waals surface area contributed by atoms with Gasteiger partial charge in [-0.05, 0) is 36.8 Å². The summed E-state index contributed by atoms with van der Waals surface area (Å²) in [6.07, 6.45) is 1.50. The second kappa shape index (κ2) is 7.18. The van der Waals surface area contributed by atoms with Crippen LogP contribution in [0.2, 0.25) is 5.02 Å². The van der Waals surface area contributed by atoms with Crippen LogP contribution in [-0.2, 0) is 6.54 Å². The number of anilines is 1. The van der Waals surface area contributed by atoms with E-state index in [-0.39, 0.29) is 5.95 Å². The minimum Gasteiger partial charge on any atom is -0.368 e. The zero-order valence-electron chi connectivity index (χ0n) is 15.1. The summed E-state index contributed by atoms with van der Waals surface area (Å²) in [5.74, 6) is 0.308. The average molecular weight is 397 g/mol. The van der Waals surface area contributed by atoms with Gasteiger partial charge in [0, 0.05) is 29.4 Å². The summed E-state index contributed by atoms with van der Waals surface area (Å²) in [4.78, 5) is 12.6. The van der Waals surface area contributed by atoms with Gasteiger partial charge in [0.2, 0.25) is 5.95 Å². The number of imidazole rings is 1. The molecule has 4 aromatic rings. The maximum atomic E-state index is 14.8. The van der Waals surface area contributed by atoms with Crippen LogP contribution in [0.3, 0.4) is 0 Å². The molecule has 0 aliphatic rings. The van der Waals surface area contributed by atoms with Crippen molar-refractivity contribution in [2.24, 2.45) is 5.73 Å². The number of aromatic nitrogens is 4. The smallest absolute Gasteiger partial charge is 0.220 e. The van der Waals surface area contributed by atoms with Crippen molar-refractivity contribution in [1.82, 2.24) is 19.5 Å². The van der Waals surface area contributed by atoms with E-state index in [1.165, 1.54) is 12.3 Å². The SMILES string of the molecule is CCn1c(C(N)c2ccc(Cl)cc2)nc2cc(F)c(-c3ccnc(N)n3)cc21. The van der Waals surface area contributed by atoms with Crippen molar-refractivity contribution in [1.29, 1.82) is 0 Å². The summed E-state index contributed by atoms with van der Waals surface area (Å²) in [5, 5.41) is 0.635. The third-order valence-corrected chi connectivity index (χ3v) is 4.89. The quantitative estimate of drug-likeness (QED) is 0.544. The lowest BCUT2D eigenvalue weighted by molar-refractivity contribution is 0.632. The van der Waals surface area contributed by atoms with Crippen molar-refractivity contribution >= 4 is 28.6 Å². The highest BCUT2D eigenvalue weighted by Crippen LogP contribution is 2.30. The second-order valence-corrected chi connectivity index (χ2v) is 6.80. The van der Waals surface area contributed by atoms with Crippen molar-refractivity contribution in [3.05, 3.63) is 70.9 Å². The van der Waals surface area contributed by atoms with Crippen LogP contribution in [0.1, 0.15) is 24.4 Å². The molecule has 0 bridgehead atoms. The third kappa shape index (κ3) is 3.19. The Morgan fingerprint density at radius 2 is 1.89 bits per heavy atom. The number of nitrogens with two attached hydrogens (primary N) is 2. The number of nitrogens with zero attached hydrogens (tertiary/aromatic N) is 4. The topological polar surface area (TPSA) is 95.6 Å². The van der Waals surface area contributed by atoms with Crippen LogP contribution in [0.25, 0.3) is 22.3 Å². The predicted molar refractivity (Wildman–Crippen MR) is 108 cm³/mol. The van der Waals surface area contributed by atoms with Gasteiger partial charge >= 0.3 is 0 Å². The number of halogens is 2. The first-order valence-corrected chi connectivity index (χ1v) is 9.15. The Kier molecular flexibility index (Phi) is 4.70. The van der Waals surface area contributed by atoms with Gasteiger partial charge in [-0.25, -0.2) is 19.3 Å². The van der Waals surface area contributed by atoms with Gasteiger partial charge in [0.25, 0.3) is 0 Å². The van der Waals surface area contributed by atoms with Gasteiger partial charge < -0.3 is 16.0 Å². The van der Waals surface area contributed by atoms with E-state index in [1.54, 1.807) is 24.3 Å². The lowest BCUT2D eigenvalue weighted by Crippen LogP contribution is -2.17. The number of rotatable bonds is 4. The molecule has 0 aliphatic heterocycles.